The summed E-state index contributed by atoms with van der Waals surface area (Å²) in [6, 6.07) is 12.5. The lowest BCUT2D eigenvalue weighted by atomic mass is 10.2. The first-order valence-corrected chi connectivity index (χ1v) is 8.84. The monoisotopic (exact) mass is 365 g/mol. The second-order valence-electron chi connectivity index (χ2n) is 5.73. The van der Waals surface area contributed by atoms with Gasteiger partial charge in [-0.15, -0.1) is 11.3 Å². The van der Waals surface area contributed by atoms with Gasteiger partial charge in [-0.1, -0.05) is 6.07 Å². The molecule has 1 amide bonds. The molecule has 1 N–H and O–H groups in total. The van der Waals surface area contributed by atoms with Crippen LogP contribution >= 0.6 is 11.3 Å². The number of aromatic nitrogens is 2. The van der Waals surface area contributed by atoms with Crippen molar-refractivity contribution < 1.29 is 14.0 Å². The molecule has 0 bridgehead atoms. The number of ketones is 1. The summed E-state index contributed by atoms with van der Waals surface area (Å²) >= 11 is 1.34. The number of aryl methyl sites for hydroxylation is 1. The van der Waals surface area contributed by atoms with Gasteiger partial charge in [0.1, 0.15) is 11.3 Å². The molecule has 26 heavy (non-hydrogen) atoms. The summed E-state index contributed by atoms with van der Waals surface area (Å²) in [7, 11) is 0. The van der Waals surface area contributed by atoms with Crippen LogP contribution in [0, 0.1) is 6.92 Å². The number of nitrogens with zero attached hydrogens (tertiary/aromatic N) is 2. The number of hydrogen-bond donors (Lipinski definition) is 1. The normalized spacial score (nSPS) is 11.0. The standard InChI is InChI=1S/C19H15N3O3S/c1-12-17(22-9-3-2-6-16(22)21-12)19(24)20-11-13-7-8-15(26-13)18(23)14-5-4-10-25-14/h2-10H,11H2,1H3,(H,20,24). The number of nitrogens with one attached hydrogen (secondary N) is 1. The maximum Gasteiger partial charge on any atom is 0.270 e. The van der Waals surface area contributed by atoms with Gasteiger partial charge in [0, 0.05) is 11.1 Å². The van der Waals surface area contributed by atoms with Gasteiger partial charge in [-0.3, -0.25) is 14.0 Å². The third kappa shape index (κ3) is 2.93. The van der Waals surface area contributed by atoms with Gasteiger partial charge in [-0.05, 0) is 43.3 Å². The third-order valence-corrected chi connectivity index (χ3v) is 5.06. The minimum absolute atomic E-state index is 0.157. The van der Waals surface area contributed by atoms with E-state index in [2.05, 4.69) is 10.3 Å². The van der Waals surface area contributed by atoms with E-state index in [-0.39, 0.29) is 11.7 Å². The first-order valence-electron chi connectivity index (χ1n) is 8.02. The molecule has 0 atom stereocenters. The smallest absolute Gasteiger partial charge is 0.270 e. The number of pyridine rings is 1. The highest BCUT2D eigenvalue weighted by molar-refractivity contribution is 7.14. The number of rotatable bonds is 5. The Labute approximate surface area is 153 Å². The molecular weight excluding hydrogens is 350 g/mol. The van der Waals surface area contributed by atoms with Crippen LogP contribution in [0.25, 0.3) is 5.65 Å². The average Bonchev–Trinajstić information content (AvgIpc) is 3.37. The molecule has 0 radical (unpaired) electrons. The highest BCUT2D eigenvalue weighted by Gasteiger charge is 2.17. The van der Waals surface area contributed by atoms with E-state index in [0.717, 1.165) is 10.5 Å². The third-order valence-electron chi connectivity index (χ3n) is 3.97. The van der Waals surface area contributed by atoms with Gasteiger partial charge in [-0.2, -0.15) is 0 Å². The molecule has 130 valence electrons. The van der Waals surface area contributed by atoms with Crippen LogP contribution in [0.2, 0.25) is 0 Å². The molecule has 0 spiro atoms. The van der Waals surface area contributed by atoms with E-state index in [4.69, 9.17) is 4.42 Å². The van der Waals surface area contributed by atoms with Crippen molar-refractivity contribution in [3.05, 3.63) is 81.8 Å². The number of hydrogen-bond acceptors (Lipinski definition) is 5. The fourth-order valence-electron chi connectivity index (χ4n) is 2.76. The summed E-state index contributed by atoms with van der Waals surface area (Å²) in [5.74, 6) is -0.0486. The van der Waals surface area contributed by atoms with E-state index in [1.165, 1.54) is 17.6 Å². The molecule has 0 aromatic carbocycles. The lowest BCUT2D eigenvalue weighted by Crippen LogP contribution is -2.24. The van der Waals surface area contributed by atoms with Crippen LogP contribution in [0.5, 0.6) is 0 Å². The van der Waals surface area contributed by atoms with Crippen LogP contribution in [-0.2, 0) is 6.54 Å². The summed E-state index contributed by atoms with van der Waals surface area (Å²) in [4.78, 5) is 30.7. The Morgan fingerprint density at radius 3 is 2.88 bits per heavy atom. The van der Waals surface area contributed by atoms with E-state index < -0.39 is 0 Å². The Morgan fingerprint density at radius 2 is 2.08 bits per heavy atom. The lowest BCUT2D eigenvalue weighted by molar-refractivity contribution is 0.0944. The molecule has 0 saturated carbocycles. The minimum Gasteiger partial charge on any atom is -0.461 e. The molecule has 0 aliphatic carbocycles. The minimum atomic E-state index is -0.200. The van der Waals surface area contributed by atoms with E-state index in [1.54, 1.807) is 22.6 Å². The molecule has 0 aliphatic heterocycles. The number of imidazole rings is 1. The molecule has 0 saturated heterocycles. The Balaban J connectivity index is 1.48. The van der Waals surface area contributed by atoms with Crippen molar-refractivity contribution in [1.82, 2.24) is 14.7 Å². The van der Waals surface area contributed by atoms with E-state index in [0.29, 0.717) is 28.6 Å². The van der Waals surface area contributed by atoms with Crippen molar-refractivity contribution >= 4 is 28.7 Å². The van der Waals surface area contributed by atoms with Gasteiger partial charge in [0.15, 0.2) is 5.76 Å². The molecule has 7 heteroatoms. The van der Waals surface area contributed by atoms with Crippen LogP contribution < -0.4 is 5.32 Å². The van der Waals surface area contributed by atoms with Gasteiger partial charge >= 0.3 is 0 Å². The van der Waals surface area contributed by atoms with E-state index in [9.17, 15) is 9.59 Å². The van der Waals surface area contributed by atoms with Gasteiger partial charge in [0.2, 0.25) is 5.78 Å². The van der Waals surface area contributed by atoms with Crippen LogP contribution in [0.4, 0.5) is 0 Å². The average molecular weight is 365 g/mol. The van der Waals surface area contributed by atoms with Crippen molar-refractivity contribution in [3.63, 3.8) is 0 Å². The molecule has 4 aromatic rings. The Bertz CT molecular complexity index is 1090. The Morgan fingerprint density at radius 1 is 1.19 bits per heavy atom. The fraction of sp³-hybridized carbons (Fsp3) is 0.105. The summed E-state index contributed by atoms with van der Waals surface area (Å²) in [6.45, 7) is 2.15. The topological polar surface area (TPSA) is 76.6 Å². The number of amides is 1. The Kier molecular flexibility index (Phi) is 4.14. The quantitative estimate of drug-likeness (QED) is 0.550. The van der Waals surface area contributed by atoms with Gasteiger partial charge < -0.3 is 9.73 Å². The van der Waals surface area contributed by atoms with Gasteiger partial charge in [0.25, 0.3) is 5.91 Å². The number of carbonyl (C=O) groups excluding carboxylic acids is 2. The SMILES string of the molecule is Cc1nc2ccccn2c1C(=O)NCc1ccc(C(=O)c2ccco2)s1. The summed E-state index contributed by atoms with van der Waals surface area (Å²) in [5.41, 5.74) is 1.93. The zero-order chi connectivity index (χ0) is 18.1. The maximum atomic E-state index is 12.6. The van der Waals surface area contributed by atoms with Crippen molar-refractivity contribution in [1.29, 1.82) is 0 Å². The van der Waals surface area contributed by atoms with Gasteiger partial charge in [-0.25, -0.2) is 4.98 Å². The molecule has 4 aromatic heterocycles. The molecular formula is C19H15N3O3S. The van der Waals surface area contributed by atoms with Crippen molar-refractivity contribution in [3.8, 4) is 0 Å². The largest absolute Gasteiger partial charge is 0.461 e. The fourth-order valence-corrected chi connectivity index (χ4v) is 3.65. The summed E-state index contributed by atoms with van der Waals surface area (Å²) in [6.07, 6.45) is 3.29. The molecule has 0 aliphatic rings. The molecule has 4 heterocycles. The van der Waals surface area contributed by atoms with Crippen LogP contribution in [-0.4, -0.2) is 21.1 Å². The second-order valence-corrected chi connectivity index (χ2v) is 6.90. The Hall–Kier alpha value is -3.19. The van der Waals surface area contributed by atoms with Crippen LogP contribution in [0.3, 0.4) is 0 Å². The zero-order valence-electron chi connectivity index (χ0n) is 13.9. The predicted octanol–water partition coefficient (Wildman–Crippen LogP) is 3.46. The van der Waals surface area contributed by atoms with Crippen molar-refractivity contribution in [2.24, 2.45) is 0 Å². The summed E-state index contributed by atoms with van der Waals surface area (Å²) < 4.78 is 6.91. The number of fused-ring (bicyclic) bond motifs is 1. The van der Waals surface area contributed by atoms with Crippen molar-refractivity contribution in [2.45, 2.75) is 13.5 Å². The first-order chi connectivity index (χ1) is 12.6. The lowest BCUT2D eigenvalue weighted by Gasteiger charge is -2.04. The molecule has 0 unspecified atom stereocenters. The first kappa shape index (κ1) is 16.3. The van der Waals surface area contributed by atoms with Crippen LogP contribution in [0.15, 0.2) is 59.3 Å². The van der Waals surface area contributed by atoms with Crippen LogP contribution in [0.1, 0.15) is 36.5 Å². The molecule has 4 rings (SSSR count). The predicted molar refractivity (Wildman–Crippen MR) is 97.6 cm³/mol. The second kappa shape index (κ2) is 6.61. The van der Waals surface area contributed by atoms with E-state index in [1.807, 2.05) is 37.4 Å². The maximum absolute atomic E-state index is 12.6. The number of carbonyl (C=O) groups is 2. The highest BCUT2D eigenvalue weighted by atomic mass is 32.1. The molecule has 6 nitrogen and oxygen atoms in total. The molecule has 0 fully saturated rings. The highest BCUT2D eigenvalue weighted by Crippen LogP contribution is 2.20. The van der Waals surface area contributed by atoms with E-state index >= 15 is 0 Å². The number of thiophene rings is 1. The van der Waals surface area contributed by atoms with Crippen molar-refractivity contribution in [2.75, 3.05) is 0 Å². The number of furan rings is 1. The van der Waals surface area contributed by atoms with Gasteiger partial charge in [0.05, 0.1) is 23.4 Å². The zero-order valence-corrected chi connectivity index (χ0v) is 14.7. The summed E-state index contributed by atoms with van der Waals surface area (Å²) in [5, 5.41) is 2.90.